The highest BCUT2D eigenvalue weighted by Gasteiger charge is 2.36. The molecule has 0 spiro atoms. The SMILES string of the molecule is CC1(C)c2ccccc2-c2cc3c4cc(-c5cccc(-c6nccs6)c5)ccc4n(-c4ccccc4)c3cc21. The molecule has 1 aliphatic carbocycles. The number of hydrogen-bond donors (Lipinski definition) is 0. The third-order valence-corrected chi connectivity index (χ3v) is 9.18. The Morgan fingerprint density at radius 3 is 2.23 bits per heavy atom. The first-order chi connectivity index (χ1) is 19.1. The maximum atomic E-state index is 4.53. The maximum Gasteiger partial charge on any atom is 0.123 e. The highest BCUT2D eigenvalue weighted by molar-refractivity contribution is 7.13. The molecule has 0 unspecified atom stereocenters. The molecule has 2 nitrogen and oxygen atoms in total. The molecule has 0 saturated carbocycles. The second-order valence-corrected chi connectivity index (χ2v) is 11.8. The standard InChI is InChI=1S/C36H26N2S/c1-36(2)31-14-7-6-13-27(31)28-21-30-29-20-24(23-9-8-10-25(19-23)35-37-17-18-39-35)15-16-33(29)38(34(30)22-32(28)36)26-11-4-3-5-12-26/h3-22H,1-2H3. The summed E-state index contributed by atoms with van der Waals surface area (Å²) in [5.74, 6) is 0. The van der Waals surface area contributed by atoms with Crippen LogP contribution in [0.5, 0.6) is 0 Å². The van der Waals surface area contributed by atoms with Crippen LogP contribution in [0.3, 0.4) is 0 Å². The van der Waals surface area contributed by atoms with E-state index in [0.717, 1.165) is 10.6 Å². The molecule has 2 aromatic heterocycles. The van der Waals surface area contributed by atoms with Gasteiger partial charge in [0.05, 0.1) is 11.0 Å². The van der Waals surface area contributed by atoms with Crippen LogP contribution in [0, 0.1) is 0 Å². The molecule has 186 valence electrons. The lowest BCUT2D eigenvalue weighted by atomic mass is 9.82. The summed E-state index contributed by atoms with van der Waals surface area (Å²) in [6.07, 6.45) is 1.87. The van der Waals surface area contributed by atoms with Gasteiger partial charge in [0, 0.05) is 39.0 Å². The van der Waals surface area contributed by atoms with Crippen LogP contribution in [0.25, 0.3) is 60.3 Å². The van der Waals surface area contributed by atoms with E-state index in [4.69, 9.17) is 0 Å². The van der Waals surface area contributed by atoms with Crippen molar-refractivity contribution >= 4 is 33.1 Å². The van der Waals surface area contributed by atoms with Crippen LogP contribution in [0.2, 0.25) is 0 Å². The Hall–Kier alpha value is -4.47. The second kappa shape index (κ2) is 8.26. The number of fused-ring (bicyclic) bond motifs is 6. The second-order valence-electron chi connectivity index (χ2n) is 10.9. The molecule has 0 N–H and O–H groups in total. The van der Waals surface area contributed by atoms with E-state index in [0.29, 0.717) is 0 Å². The highest BCUT2D eigenvalue weighted by Crippen LogP contribution is 2.51. The summed E-state index contributed by atoms with van der Waals surface area (Å²) in [6.45, 7) is 4.71. The van der Waals surface area contributed by atoms with Crippen molar-refractivity contribution in [2.24, 2.45) is 0 Å². The zero-order valence-electron chi connectivity index (χ0n) is 21.8. The molecule has 5 aromatic carbocycles. The fourth-order valence-corrected chi connectivity index (χ4v) is 7.08. The van der Waals surface area contributed by atoms with Gasteiger partial charge in [-0.05, 0) is 75.8 Å². The summed E-state index contributed by atoms with van der Waals surface area (Å²) in [6, 6.07) is 40.2. The number of thiazole rings is 1. The maximum absolute atomic E-state index is 4.53. The average molecular weight is 519 g/mol. The topological polar surface area (TPSA) is 17.8 Å². The minimum absolute atomic E-state index is 0.0421. The summed E-state index contributed by atoms with van der Waals surface area (Å²) in [5, 5.41) is 5.65. The van der Waals surface area contributed by atoms with Crippen LogP contribution in [-0.4, -0.2) is 9.55 Å². The van der Waals surface area contributed by atoms with Crippen LogP contribution in [-0.2, 0) is 5.41 Å². The van der Waals surface area contributed by atoms with E-state index in [1.807, 2.05) is 11.6 Å². The Bertz CT molecular complexity index is 2030. The molecule has 0 saturated heterocycles. The molecule has 0 aliphatic heterocycles. The van der Waals surface area contributed by atoms with Crippen molar-refractivity contribution < 1.29 is 0 Å². The summed E-state index contributed by atoms with van der Waals surface area (Å²) >= 11 is 1.68. The fourth-order valence-electron chi connectivity index (χ4n) is 6.45. The molecular formula is C36H26N2S. The number of rotatable bonds is 3. The normalized spacial score (nSPS) is 13.6. The first-order valence-electron chi connectivity index (χ1n) is 13.4. The lowest BCUT2D eigenvalue weighted by Crippen LogP contribution is -2.14. The number of aromatic nitrogens is 2. The van der Waals surface area contributed by atoms with Gasteiger partial charge in [0.25, 0.3) is 0 Å². The molecule has 1 aliphatic rings. The first kappa shape index (κ1) is 22.5. The summed E-state index contributed by atoms with van der Waals surface area (Å²) in [7, 11) is 0. The van der Waals surface area contributed by atoms with Crippen LogP contribution in [0.4, 0.5) is 0 Å². The molecule has 3 heteroatoms. The molecule has 2 heterocycles. The van der Waals surface area contributed by atoms with E-state index in [-0.39, 0.29) is 5.41 Å². The number of hydrogen-bond acceptors (Lipinski definition) is 2. The smallest absolute Gasteiger partial charge is 0.123 e. The van der Waals surface area contributed by atoms with Gasteiger partial charge in [-0.3, -0.25) is 0 Å². The molecule has 0 fully saturated rings. The van der Waals surface area contributed by atoms with E-state index in [2.05, 4.69) is 133 Å². The lowest BCUT2D eigenvalue weighted by molar-refractivity contribution is 0.661. The lowest BCUT2D eigenvalue weighted by Gasteiger charge is -2.21. The Labute approximate surface area is 231 Å². The zero-order chi connectivity index (χ0) is 26.1. The van der Waals surface area contributed by atoms with Gasteiger partial charge >= 0.3 is 0 Å². The molecular weight excluding hydrogens is 492 g/mol. The van der Waals surface area contributed by atoms with Gasteiger partial charge in [0.15, 0.2) is 0 Å². The first-order valence-corrected chi connectivity index (χ1v) is 14.3. The quantitative estimate of drug-likeness (QED) is 0.228. The molecule has 0 radical (unpaired) electrons. The molecule has 0 bridgehead atoms. The minimum atomic E-state index is -0.0421. The molecule has 8 rings (SSSR count). The van der Waals surface area contributed by atoms with Crippen LogP contribution in [0.15, 0.2) is 121 Å². The molecule has 39 heavy (non-hydrogen) atoms. The Balaban J connectivity index is 1.42. The van der Waals surface area contributed by atoms with Gasteiger partial charge in [-0.15, -0.1) is 11.3 Å². The molecule has 0 amide bonds. The van der Waals surface area contributed by atoms with Gasteiger partial charge in [0.2, 0.25) is 0 Å². The van der Waals surface area contributed by atoms with Gasteiger partial charge in [-0.25, -0.2) is 4.98 Å². The third kappa shape index (κ3) is 3.30. The monoisotopic (exact) mass is 518 g/mol. The fraction of sp³-hybridized carbons (Fsp3) is 0.0833. The van der Waals surface area contributed by atoms with Crippen molar-refractivity contribution in [3.63, 3.8) is 0 Å². The number of benzene rings is 5. The average Bonchev–Trinajstić information content (AvgIpc) is 3.68. The van der Waals surface area contributed by atoms with Gasteiger partial charge < -0.3 is 4.57 Å². The number of para-hydroxylation sites is 1. The molecule has 0 atom stereocenters. The van der Waals surface area contributed by atoms with E-state index < -0.39 is 0 Å². The Kier molecular flexibility index (Phi) is 4.77. The molecule has 7 aromatic rings. The van der Waals surface area contributed by atoms with Gasteiger partial charge in [0.1, 0.15) is 5.01 Å². The summed E-state index contributed by atoms with van der Waals surface area (Å²) in [5.41, 5.74) is 12.7. The zero-order valence-corrected chi connectivity index (χ0v) is 22.7. The largest absolute Gasteiger partial charge is 0.309 e. The summed E-state index contributed by atoms with van der Waals surface area (Å²) < 4.78 is 2.43. The van der Waals surface area contributed by atoms with Crippen LogP contribution in [0.1, 0.15) is 25.0 Å². The van der Waals surface area contributed by atoms with Crippen molar-refractivity contribution in [2.45, 2.75) is 19.3 Å². The Morgan fingerprint density at radius 1 is 0.615 bits per heavy atom. The Morgan fingerprint density at radius 2 is 1.38 bits per heavy atom. The van der Waals surface area contributed by atoms with Crippen LogP contribution < -0.4 is 0 Å². The van der Waals surface area contributed by atoms with E-state index in [1.54, 1.807) is 11.3 Å². The summed E-state index contributed by atoms with van der Waals surface area (Å²) in [4.78, 5) is 4.53. The van der Waals surface area contributed by atoms with Gasteiger partial charge in [-0.2, -0.15) is 0 Å². The van der Waals surface area contributed by atoms with Crippen molar-refractivity contribution in [1.29, 1.82) is 0 Å². The van der Waals surface area contributed by atoms with Crippen molar-refractivity contribution in [3.8, 4) is 38.5 Å². The highest BCUT2D eigenvalue weighted by atomic mass is 32.1. The van der Waals surface area contributed by atoms with Crippen molar-refractivity contribution in [1.82, 2.24) is 9.55 Å². The minimum Gasteiger partial charge on any atom is -0.309 e. The van der Waals surface area contributed by atoms with Crippen LogP contribution >= 0.6 is 11.3 Å². The van der Waals surface area contributed by atoms with Crippen molar-refractivity contribution in [3.05, 3.63) is 132 Å². The predicted octanol–water partition coefficient (Wildman–Crippen LogP) is 9.88. The number of nitrogens with zero attached hydrogens (tertiary/aromatic N) is 2. The van der Waals surface area contributed by atoms with Gasteiger partial charge in [-0.1, -0.05) is 80.6 Å². The van der Waals surface area contributed by atoms with Crippen molar-refractivity contribution in [2.75, 3.05) is 0 Å². The van der Waals surface area contributed by atoms with E-state index >= 15 is 0 Å². The third-order valence-electron chi connectivity index (χ3n) is 8.36. The van der Waals surface area contributed by atoms with E-state index in [9.17, 15) is 0 Å². The van der Waals surface area contributed by atoms with E-state index in [1.165, 1.54) is 60.9 Å². The predicted molar refractivity (Wildman–Crippen MR) is 165 cm³/mol.